The maximum Gasteiger partial charge on any atom is 0.346 e. The monoisotopic (exact) mass is 402 g/mol. The standard InChI is InChI=1S/C23H24F2O4/c1-13-5-9-17(14-6-7-14)20(19(13)21(22(26)27-2)29-23(24)25)16-8-10-18-15(12-16)4-3-11-28-18/h5,8-10,12,14,21,23H,3-4,6-7,11H2,1-2H3. The van der Waals surface area contributed by atoms with Gasteiger partial charge in [0.1, 0.15) is 5.75 Å². The highest BCUT2D eigenvalue weighted by molar-refractivity contribution is 5.84. The van der Waals surface area contributed by atoms with Crippen LogP contribution in [0.4, 0.5) is 8.78 Å². The van der Waals surface area contributed by atoms with Crippen LogP contribution in [0.25, 0.3) is 11.1 Å². The Balaban J connectivity index is 1.91. The zero-order valence-corrected chi connectivity index (χ0v) is 16.5. The Hall–Kier alpha value is -2.47. The molecular formula is C23H24F2O4. The summed E-state index contributed by atoms with van der Waals surface area (Å²) in [7, 11) is 1.18. The first-order chi connectivity index (χ1) is 14.0. The van der Waals surface area contributed by atoms with Gasteiger partial charge < -0.3 is 14.2 Å². The molecule has 6 heteroatoms. The van der Waals surface area contributed by atoms with Crippen molar-refractivity contribution in [3.63, 3.8) is 0 Å². The van der Waals surface area contributed by atoms with Crippen molar-refractivity contribution in [2.75, 3.05) is 13.7 Å². The van der Waals surface area contributed by atoms with E-state index in [1.807, 2.05) is 31.2 Å². The van der Waals surface area contributed by atoms with Crippen LogP contribution in [0, 0.1) is 6.92 Å². The molecule has 154 valence electrons. The fraction of sp³-hybridized carbons (Fsp3) is 0.435. The highest BCUT2D eigenvalue weighted by Crippen LogP contribution is 2.48. The third-order valence-corrected chi connectivity index (χ3v) is 5.63. The molecule has 0 spiro atoms. The highest BCUT2D eigenvalue weighted by atomic mass is 19.3. The quantitative estimate of drug-likeness (QED) is 0.614. The molecule has 1 unspecified atom stereocenters. The van der Waals surface area contributed by atoms with E-state index in [9.17, 15) is 13.6 Å². The number of methoxy groups -OCH3 is 1. The Labute approximate surface area is 168 Å². The molecule has 0 aromatic heterocycles. The lowest BCUT2D eigenvalue weighted by Crippen LogP contribution is -2.22. The van der Waals surface area contributed by atoms with Gasteiger partial charge in [0, 0.05) is 5.56 Å². The van der Waals surface area contributed by atoms with E-state index in [0.717, 1.165) is 59.3 Å². The van der Waals surface area contributed by atoms with Crippen molar-refractivity contribution < 1.29 is 27.8 Å². The summed E-state index contributed by atoms with van der Waals surface area (Å²) in [5.41, 5.74) is 5.02. The van der Waals surface area contributed by atoms with Gasteiger partial charge in [-0.25, -0.2) is 4.79 Å². The largest absolute Gasteiger partial charge is 0.493 e. The van der Waals surface area contributed by atoms with Gasteiger partial charge in [0.15, 0.2) is 6.10 Å². The maximum atomic E-state index is 13.2. The maximum absolute atomic E-state index is 13.2. The summed E-state index contributed by atoms with van der Waals surface area (Å²) in [6, 6.07) is 9.82. The van der Waals surface area contributed by atoms with Gasteiger partial charge in [-0.2, -0.15) is 8.78 Å². The topological polar surface area (TPSA) is 44.8 Å². The second-order valence-electron chi connectivity index (χ2n) is 7.61. The van der Waals surface area contributed by atoms with Gasteiger partial charge in [-0.1, -0.05) is 18.2 Å². The van der Waals surface area contributed by atoms with Gasteiger partial charge >= 0.3 is 12.6 Å². The van der Waals surface area contributed by atoms with Gasteiger partial charge in [-0.3, -0.25) is 0 Å². The number of halogens is 2. The first-order valence-electron chi connectivity index (χ1n) is 9.90. The van der Waals surface area contributed by atoms with Crippen molar-refractivity contribution in [1.29, 1.82) is 0 Å². The number of alkyl halides is 2. The molecule has 1 aliphatic heterocycles. The molecule has 0 radical (unpaired) electrons. The minimum absolute atomic E-state index is 0.362. The smallest absolute Gasteiger partial charge is 0.346 e. The molecule has 0 N–H and O–H groups in total. The number of esters is 1. The van der Waals surface area contributed by atoms with E-state index < -0.39 is 18.7 Å². The summed E-state index contributed by atoms with van der Waals surface area (Å²) in [5, 5.41) is 0. The number of fused-ring (bicyclic) bond motifs is 1. The van der Waals surface area contributed by atoms with Crippen LogP contribution in [0.1, 0.15) is 53.5 Å². The lowest BCUT2D eigenvalue weighted by atomic mass is 9.85. The molecule has 0 amide bonds. The SMILES string of the molecule is COC(=O)C(OC(F)F)c1c(C)ccc(C2CC2)c1-c1ccc2c(c1)CCCO2. The van der Waals surface area contributed by atoms with Gasteiger partial charge in [-0.05, 0) is 78.5 Å². The second-order valence-corrected chi connectivity index (χ2v) is 7.61. The predicted molar refractivity (Wildman–Crippen MR) is 104 cm³/mol. The number of benzene rings is 2. The average Bonchev–Trinajstić information content (AvgIpc) is 3.56. The third-order valence-electron chi connectivity index (χ3n) is 5.63. The third kappa shape index (κ3) is 3.99. The Morgan fingerprint density at radius 1 is 1.21 bits per heavy atom. The fourth-order valence-corrected chi connectivity index (χ4v) is 4.10. The van der Waals surface area contributed by atoms with Crippen LogP contribution < -0.4 is 4.74 Å². The number of carbonyl (C=O) groups excluding carboxylic acids is 1. The molecule has 1 fully saturated rings. The average molecular weight is 402 g/mol. The zero-order valence-electron chi connectivity index (χ0n) is 16.5. The summed E-state index contributed by atoms with van der Waals surface area (Å²) in [4.78, 5) is 12.4. The molecule has 2 aromatic carbocycles. The van der Waals surface area contributed by atoms with Crippen LogP contribution in [0.3, 0.4) is 0 Å². The molecular weight excluding hydrogens is 378 g/mol. The van der Waals surface area contributed by atoms with Gasteiger partial charge in [0.2, 0.25) is 0 Å². The van der Waals surface area contributed by atoms with Crippen molar-refractivity contribution in [3.05, 3.63) is 52.6 Å². The number of hydrogen-bond acceptors (Lipinski definition) is 4. The van der Waals surface area contributed by atoms with Crippen molar-refractivity contribution in [1.82, 2.24) is 0 Å². The number of aryl methyl sites for hydroxylation is 2. The molecule has 4 nitrogen and oxygen atoms in total. The van der Waals surface area contributed by atoms with Crippen molar-refractivity contribution in [2.45, 2.75) is 51.2 Å². The molecule has 1 heterocycles. The van der Waals surface area contributed by atoms with Gasteiger partial charge in [0.05, 0.1) is 13.7 Å². The normalized spacial score (nSPS) is 16.9. The van der Waals surface area contributed by atoms with Crippen LogP contribution in [-0.4, -0.2) is 26.3 Å². The summed E-state index contributed by atoms with van der Waals surface area (Å²) in [5.74, 6) is 0.390. The van der Waals surface area contributed by atoms with Crippen molar-refractivity contribution >= 4 is 5.97 Å². The molecule has 1 atom stereocenters. The van der Waals surface area contributed by atoms with E-state index in [1.54, 1.807) is 0 Å². The van der Waals surface area contributed by atoms with E-state index in [1.165, 1.54) is 7.11 Å². The van der Waals surface area contributed by atoms with E-state index in [4.69, 9.17) is 14.2 Å². The van der Waals surface area contributed by atoms with Crippen LogP contribution in [0.2, 0.25) is 0 Å². The highest BCUT2D eigenvalue weighted by Gasteiger charge is 2.35. The van der Waals surface area contributed by atoms with Gasteiger partial charge in [0.25, 0.3) is 0 Å². The van der Waals surface area contributed by atoms with Crippen molar-refractivity contribution in [2.24, 2.45) is 0 Å². The fourth-order valence-electron chi connectivity index (χ4n) is 4.10. The van der Waals surface area contributed by atoms with Crippen LogP contribution in [-0.2, 0) is 20.7 Å². The molecule has 2 aromatic rings. The summed E-state index contributed by atoms with van der Waals surface area (Å²) >= 11 is 0. The van der Waals surface area contributed by atoms with E-state index >= 15 is 0 Å². The van der Waals surface area contributed by atoms with E-state index in [2.05, 4.69) is 6.07 Å². The minimum Gasteiger partial charge on any atom is -0.493 e. The molecule has 0 bridgehead atoms. The molecule has 2 aliphatic rings. The summed E-state index contributed by atoms with van der Waals surface area (Å²) in [6.45, 7) is -0.586. The number of carbonyl (C=O) groups is 1. The Morgan fingerprint density at radius 3 is 2.69 bits per heavy atom. The number of hydrogen-bond donors (Lipinski definition) is 0. The molecule has 29 heavy (non-hydrogen) atoms. The van der Waals surface area contributed by atoms with Crippen LogP contribution in [0.15, 0.2) is 30.3 Å². The van der Waals surface area contributed by atoms with Gasteiger partial charge in [-0.15, -0.1) is 0 Å². The zero-order chi connectivity index (χ0) is 20.5. The molecule has 1 saturated carbocycles. The van der Waals surface area contributed by atoms with Crippen LogP contribution in [0.5, 0.6) is 5.75 Å². The Kier molecular flexibility index (Phi) is 5.54. The van der Waals surface area contributed by atoms with E-state index in [0.29, 0.717) is 18.1 Å². The van der Waals surface area contributed by atoms with Crippen molar-refractivity contribution in [3.8, 4) is 16.9 Å². The molecule has 1 aliphatic carbocycles. The predicted octanol–water partition coefficient (Wildman–Crippen LogP) is 5.32. The Morgan fingerprint density at radius 2 is 2.00 bits per heavy atom. The van der Waals surface area contributed by atoms with Crippen LogP contribution >= 0.6 is 0 Å². The van der Waals surface area contributed by atoms with E-state index in [-0.39, 0.29) is 0 Å². The lowest BCUT2D eigenvalue weighted by molar-refractivity contribution is -0.191. The summed E-state index contributed by atoms with van der Waals surface area (Å²) in [6.07, 6.45) is 2.44. The first-order valence-corrected chi connectivity index (χ1v) is 9.90. The number of rotatable bonds is 6. The molecule has 0 saturated heterocycles. The first kappa shape index (κ1) is 19.8. The number of ether oxygens (including phenoxy) is 3. The molecule has 4 rings (SSSR count). The Bertz CT molecular complexity index is 921. The lowest BCUT2D eigenvalue weighted by Gasteiger charge is -2.25. The summed E-state index contributed by atoms with van der Waals surface area (Å²) < 4.78 is 41.7. The minimum atomic E-state index is -3.09. The second kappa shape index (κ2) is 8.11.